The van der Waals surface area contributed by atoms with E-state index in [9.17, 15) is 4.79 Å². The lowest BCUT2D eigenvalue weighted by molar-refractivity contribution is 0.0906. The van der Waals surface area contributed by atoms with Crippen LogP contribution in [-0.4, -0.2) is 25.7 Å². The van der Waals surface area contributed by atoms with Crippen molar-refractivity contribution in [1.82, 2.24) is 5.32 Å². The van der Waals surface area contributed by atoms with Gasteiger partial charge in [-0.05, 0) is 43.0 Å². The monoisotopic (exact) mass is 234 g/mol. The number of nitrogens with one attached hydrogen (secondary N) is 1. The molecule has 0 aromatic heterocycles. The zero-order valence-electron chi connectivity index (χ0n) is 9.82. The first kappa shape index (κ1) is 11.9. The molecule has 0 spiro atoms. The van der Waals surface area contributed by atoms with Crippen LogP contribution in [0.25, 0.3) is 0 Å². The van der Waals surface area contributed by atoms with Gasteiger partial charge in [0.05, 0.1) is 6.61 Å². The van der Waals surface area contributed by atoms with Crippen molar-refractivity contribution in [3.05, 3.63) is 29.8 Å². The van der Waals surface area contributed by atoms with Gasteiger partial charge in [-0.3, -0.25) is 4.79 Å². The Labute approximate surface area is 101 Å². The number of nitrogen functional groups attached to an aromatic ring is 1. The fourth-order valence-corrected chi connectivity index (χ4v) is 1.51. The molecule has 92 valence electrons. The van der Waals surface area contributed by atoms with E-state index in [0.29, 0.717) is 24.4 Å². The van der Waals surface area contributed by atoms with Crippen LogP contribution in [0.4, 0.5) is 5.69 Å². The lowest BCUT2D eigenvalue weighted by Gasteiger charge is -2.06. The van der Waals surface area contributed by atoms with Gasteiger partial charge in [0, 0.05) is 24.4 Å². The van der Waals surface area contributed by atoms with Gasteiger partial charge in [0.25, 0.3) is 5.91 Å². The number of ether oxygens (including phenoxy) is 1. The van der Waals surface area contributed by atoms with Crippen LogP contribution in [-0.2, 0) is 4.74 Å². The summed E-state index contributed by atoms with van der Waals surface area (Å²) in [6.07, 6.45) is 2.58. The molecule has 0 unspecified atom stereocenters. The maximum Gasteiger partial charge on any atom is 0.251 e. The molecule has 0 radical (unpaired) electrons. The minimum atomic E-state index is -0.0833. The van der Waals surface area contributed by atoms with Gasteiger partial charge in [-0.25, -0.2) is 0 Å². The van der Waals surface area contributed by atoms with Crippen LogP contribution in [0, 0.1) is 5.92 Å². The third kappa shape index (κ3) is 4.07. The summed E-state index contributed by atoms with van der Waals surface area (Å²) in [7, 11) is 0. The van der Waals surface area contributed by atoms with E-state index in [0.717, 1.165) is 12.5 Å². The van der Waals surface area contributed by atoms with Crippen LogP contribution in [0.1, 0.15) is 23.2 Å². The SMILES string of the molecule is Nc1ccc(C(=O)NCCOCC2CC2)cc1. The molecule has 1 fully saturated rings. The van der Waals surface area contributed by atoms with Crippen LogP contribution < -0.4 is 11.1 Å². The van der Waals surface area contributed by atoms with E-state index in [1.807, 2.05) is 0 Å². The third-order valence-electron chi connectivity index (χ3n) is 2.76. The summed E-state index contributed by atoms with van der Waals surface area (Å²) in [5, 5.41) is 2.81. The molecule has 1 aromatic rings. The number of carbonyl (C=O) groups excluding carboxylic acids is 1. The minimum absolute atomic E-state index is 0.0833. The average Bonchev–Trinajstić information content (AvgIpc) is 3.13. The molecule has 2 rings (SSSR count). The first-order valence-corrected chi connectivity index (χ1v) is 5.97. The first-order valence-electron chi connectivity index (χ1n) is 5.97. The summed E-state index contributed by atoms with van der Waals surface area (Å²) in [6.45, 7) is 1.96. The molecule has 4 heteroatoms. The summed E-state index contributed by atoms with van der Waals surface area (Å²) in [6, 6.07) is 6.88. The average molecular weight is 234 g/mol. The quantitative estimate of drug-likeness (QED) is 0.578. The van der Waals surface area contributed by atoms with Gasteiger partial charge in [0.2, 0.25) is 0 Å². The van der Waals surface area contributed by atoms with E-state index in [1.165, 1.54) is 12.8 Å². The second-order valence-electron chi connectivity index (χ2n) is 4.40. The molecule has 1 aliphatic rings. The lowest BCUT2D eigenvalue weighted by atomic mass is 10.2. The number of amides is 1. The number of hydrogen-bond donors (Lipinski definition) is 2. The number of carbonyl (C=O) groups is 1. The summed E-state index contributed by atoms with van der Waals surface area (Å²) >= 11 is 0. The van der Waals surface area contributed by atoms with Crippen molar-refractivity contribution in [2.45, 2.75) is 12.8 Å². The number of rotatable bonds is 6. The Balaban J connectivity index is 1.64. The predicted octanol–water partition coefficient (Wildman–Crippen LogP) is 1.43. The Morgan fingerprint density at radius 1 is 1.35 bits per heavy atom. The van der Waals surface area contributed by atoms with E-state index in [-0.39, 0.29) is 5.91 Å². The maximum absolute atomic E-state index is 11.7. The van der Waals surface area contributed by atoms with Crippen LogP contribution in [0.5, 0.6) is 0 Å². The molecule has 0 heterocycles. The Bertz CT molecular complexity index is 372. The molecule has 1 amide bonds. The molecular weight excluding hydrogens is 216 g/mol. The zero-order chi connectivity index (χ0) is 12.1. The predicted molar refractivity (Wildman–Crippen MR) is 66.7 cm³/mol. The second-order valence-corrected chi connectivity index (χ2v) is 4.40. The van der Waals surface area contributed by atoms with E-state index in [2.05, 4.69) is 5.32 Å². The van der Waals surface area contributed by atoms with Gasteiger partial charge >= 0.3 is 0 Å². The van der Waals surface area contributed by atoms with Crippen molar-refractivity contribution in [2.75, 3.05) is 25.5 Å². The Morgan fingerprint density at radius 3 is 2.71 bits per heavy atom. The smallest absolute Gasteiger partial charge is 0.251 e. The summed E-state index contributed by atoms with van der Waals surface area (Å²) in [5.41, 5.74) is 6.84. The molecule has 1 aliphatic carbocycles. The van der Waals surface area contributed by atoms with Gasteiger partial charge in [-0.2, -0.15) is 0 Å². The van der Waals surface area contributed by atoms with Gasteiger partial charge in [0.1, 0.15) is 0 Å². The van der Waals surface area contributed by atoms with Crippen LogP contribution >= 0.6 is 0 Å². The highest BCUT2D eigenvalue weighted by molar-refractivity contribution is 5.94. The lowest BCUT2D eigenvalue weighted by Crippen LogP contribution is -2.27. The summed E-state index contributed by atoms with van der Waals surface area (Å²) in [5.74, 6) is 0.683. The molecule has 0 saturated heterocycles. The van der Waals surface area contributed by atoms with Gasteiger partial charge < -0.3 is 15.8 Å². The van der Waals surface area contributed by atoms with Gasteiger partial charge in [0.15, 0.2) is 0 Å². The van der Waals surface area contributed by atoms with Crippen LogP contribution in [0.15, 0.2) is 24.3 Å². The van der Waals surface area contributed by atoms with E-state index < -0.39 is 0 Å². The summed E-state index contributed by atoms with van der Waals surface area (Å²) in [4.78, 5) is 11.7. The topological polar surface area (TPSA) is 64.4 Å². The highest BCUT2D eigenvalue weighted by Gasteiger charge is 2.20. The molecular formula is C13H18N2O2. The molecule has 0 aliphatic heterocycles. The third-order valence-corrected chi connectivity index (χ3v) is 2.76. The van der Waals surface area contributed by atoms with E-state index in [4.69, 9.17) is 10.5 Å². The van der Waals surface area contributed by atoms with Gasteiger partial charge in [-0.1, -0.05) is 0 Å². The Morgan fingerprint density at radius 2 is 2.06 bits per heavy atom. The molecule has 0 atom stereocenters. The molecule has 0 bridgehead atoms. The van der Waals surface area contributed by atoms with Crippen molar-refractivity contribution in [3.8, 4) is 0 Å². The molecule has 4 nitrogen and oxygen atoms in total. The van der Waals surface area contributed by atoms with Crippen molar-refractivity contribution >= 4 is 11.6 Å². The van der Waals surface area contributed by atoms with Crippen molar-refractivity contribution in [2.24, 2.45) is 5.92 Å². The number of nitrogens with two attached hydrogens (primary N) is 1. The van der Waals surface area contributed by atoms with Crippen molar-refractivity contribution in [1.29, 1.82) is 0 Å². The normalized spacial score (nSPS) is 14.6. The van der Waals surface area contributed by atoms with Crippen molar-refractivity contribution < 1.29 is 9.53 Å². The van der Waals surface area contributed by atoms with Crippen LogP contribution in [0.2, 0.25) is 0 Å². The first-order chi connectivity index (χ1) is 8.25. The standard InChI is InChI=1S/C13H18N2O2/c14-12-5-3-11(4-6-12)13(16)15-7-8-17-9-10-1-2-10/h3-6,10H,1-2,7-9,14H2,(H,15,16). The molecule has 17 heavy (non-hydrogen) atoms. The number of hydrogen-bond acceptors (Lipinski definition) is 3. The number of benzene rings is 1. The fourth-order valence-electron chi connectivity index (χ4n) is 1.51. The molecule has 3 N–H and O–H groups in total. The number of anilines is 1. The van der Waals surface area contributed by atoms with E-state index in [1.54, 1.807) is 24.3 Å². The largest absolute Gasteiger partial charge is 0.399 e. The molecule has 1 saturated carbocycles. The minimum Gasteiger partial charge on any atom is -0.399 e. The molecule has 1 aromatic carbocycles. The highest BCUT2D eigenvalue weighted by atomic mass is 16.5. The Kier molecular flexibility index (Phi) is 3.98. The van der Waals surface area contributed by atoms with E-state index >= 15 is 0 Å². The fraction of sp³-hybridized carbons (Fsp3) is 0.462. The van der Waals surface area contributed by atoms with Crippen LogP contribution in [0.3, 0.4) is 0 Å². The maximum atomic E-state index is 11.7. The highest BCUT2D eigenvalue weighted by Crippen LogP contribution is 2.28. The zero-order valence-corrected chi connectivity index (χ0v) is 9.82. The second kappa shape index (κ2) is 5.68. The summed E-state index contributed by atoms with van der Waals surface area (Å²) < 4.78 is 5.43. The van der Waals surface area contributed by atoms with Gasteiger partial charge in [-0.15, -0.1) is 0 Å². The van der Waals surface area contributed by atoms with Crippen molar-refractivity contribution in [3.63, 3.8) is 0 Å². The Hall–Kier alpha value is -1.55.